The average molecular weight is 339 g/mol. The number of carboxylic acid groups (broad SMARTS) is 1. The van der Waals surface area contributed by atoms with E-state index >= 15 is 0 Å². The van der Waals surface area contributed by atoms with E-state index in [1.807, 2.05) is 30.3 Å². The molecule has 1 aliphatic heterocycles. The highest BCUT2D eigenvalue weighted by Gasteiger charge is 2.38. The van der Waals surface area contributed by atoms with Crippen molar-refractivity contribution in [2.24, 2.45) is 0 Å². The molecule has 8 heteroatoms. The van der Waals surface area contributed by atoms with Gasteiger partial charge in [0.1, 0.15) is 18.7 Å². The molecule has 1 heterocycles. The second kappa shape index (κ2) is 8.15. The van der Waals surface area contributed by atoms with E-state index in [4.69, 9.17) is 9.63 Å². The number of aliphatic carboxylic acids is 1. The maximum atomic E-state index is 12.3. The molecule has 124 valence electrons. The van der Waals surface area contributed by atoms with Crippen LogP contribution in [0.4, 0.5) is 0 Å². The van der Waals surface area contributed by atoms with Gasteiger partial charge >= 0.3 is 14.1 Å². The molecule has 0 aliphatic carbocycles. The van der Waals surface area contributed by atoms with E-state index in [1.165, 1.54) is 4.90 Å². The largest absolute Gasteiger partial charge is 0.614 e. The van der Waals surface area contributed by atoms with Gasteiger partial charge in [-0.2, -0.15) is 0 Å². The number of amides is 1. The van der Waals surface area contributed by atoms with Crippen molar-refractivity contribution in [3.63, 3.8) is 0 Å². The smallest absolute Gasteiger partial charge is 0.480 e. The molecule has 2 N–H and O–H groups in total. The van der Waals surface area contributed by atoms with E-state index in [1.54, 1.807) is 6.92 Å². The lowest BCUT2D eigenvalue weighted by molar-refractivity contribution is -0.148. The van der Waals surface area contributed by atoms with E-state index in [0.717, 1.165) is 5.56 Å². The van der Waals surface area contributed by atoms with Crippen molar-refractivity contribution in [1.29, 1.82) is 0 Å². The first-order valence-electron chi connectivity index (χ1n) is 7.42. The highest BCUT2D eigenvalue weighted by molar-refractivity contribution is 7.36. The molecule has 1 unspecified atom stereocenters. The first-order chi connectivity index (χ1) is 11.0. The lowest BCUT2D eigenvalue weighted by Crippen LogP contribution is -2.47. The third-order valence-corrected chi connectivity index (χ3v) is 4.64. The minimum absolute atomic E-state index is 0.172. The van der Waals surface area contributed by atoms with E-state index in [-0.39, 0.29) is 12.5 Å². The number of benzene rings is 1. The van der Waals surface area contributed by atoms with Crippen molar-refractivity contribution in [1.82, 2.24) is 9.99 Å². The van der Waals surface area contributed by atoms with Crippen molar-refractivity contribution >= 4 is 20.1 Å². The van der Waals surface area contributed by atoms with Crippen LogP contribution >= 0.6 is 8.18 Å². The molecule has 1 fully saturated rings. The Labute approximate surface area is 135 Å². The van der Waals surface area contributed by atoms with E-state index in [9.17, 15) is 14.2 Å². The highest BCUT2D eigenvalue weighted by atomic mass is 31.1. The fourth-order valence-electron chi connectivity index (χ4n) is 2.49. The van der Waals surface area contributed by atoms with Crippen LogP contribution in [0.5, 0.6) is 0 Å². The van der Waals surface area contributed by atoms with Crippen LogP contribution < -0.4 is 5.09 Å². The summed E-state index contributed by atoms with van der Waals surface area (Å²) in [4.78, 5) is 24.7. The number of carbonyl (C=O) groups excluding carboxylic acids is 1. The number of rotatable bonds is 7. The maximum Gasteiger partial charge on any atom is 0.614 e. The number of carbonyl (C=O) groups is 2. The zero-order chi connectivity index (χ0) is 16.8. The summed E-state index contributed by atoms with van der Waals surface area (Å²) in [5.74, 6) is -1.38. The number of hydrogen-bond acceptors (Lipinski definition) is 4. The quantitative estimate of drug-likeness (QED) is 0.737. The van der Waals surface area contributed by atoms with Crippen molar-refractivity contribution in [2.45, 2.75) is 38.5 Å². The summed E-state index contributed by atoms with van der Waals surface area (Å²) in [7, 11) is -2.22. The van der Waals surface area contributed by atoms with E-state index in [0.29, 0.717) is 19.4 Å². The van der Waals surface area contributed by atoms with Crippen LogP contribution in [0.3, 0.4) is 0 Å². The third-order valence-electron chi connectivity index (χ3n) is 3.68. The first-order valence-corrected chi connectivity index (χ1v) is 8.60. The Kier molecular flexibility index (Phi) is 6.21. The average Bonchev–Trinajstić information content (AvgIpc) is 3.03. The Morgan fingerprint density at radius 1 is 1.43 bits per heavy atom. The maximum absolute atomic E-state index is 12.3. The summed E-state index contributed by atoms with van der Waals surface area (Å²) in [5.41, 5.74) is 0.877. The summed E-state index contributed by atoms with van der Waals surface area (Å²) in [6, 6.07) is 7.70. The Bertz CT molecular complexity index is 580. The second-order valence-corrected chi connectivity index (χ2v) is 6.43. The molecule has 1 aliphatic rings. The van der Waals surface area contributed by atoms with Gasteiger partial charge in [0, 0.05) is 6.54 Å². The van der Waals surface area contributed by atoms with Gasteiger partial charge in [-0.05, 0) is 29.9 Å². The van der Waals surface area contributed by atoms with Gasteiger partial charge in [0.05, 0.1) is 0 Å². The van der Waals surface area contributed by atoms with Gasteiger partial charge in [0.15, 0.2) is 0 Å². The lowest BCUT2D eigenvalue weighted by Gasteiger charge is -2.23. The van der Waals surface area contributed by atoms with Crippen molar-refractivity contribution in [2.75, 3.05) is 6.54 Å². The van der Waals surface area contributed by atoms with Crippen LogP contribution in [-0.4, -0.2) is 40.5 Å². The predicted molar refractivity (Wildman–Crippen MR) is 83.8 cm³/mol. The molecule has 23 heavy (non-hydrogen) atoms. The molecule has 0 spiro atoms. The molecule has 7 nitrogen and oxygen atoms in total. The summed E-state index contributed by atoms with van der Waals surface area (Å²) < 4.78 is 17.1. The number of nitrogens with one attached hydrogen (secondary N) is 1. The molecule has 0 saturated carbocycles. The van der Waals surface area contributed by atoms with E-state index < -0.39 is 26.2 Å². The van der Waals surface area contributed by atoms with Gasteiger partial charge in [-0.15, -0.1) is 4.52 Å². The van der Waals surface area contributed by atoms with Crippen LogP contribution in [0.15, 0.2) is 30.3 Å². The van der Waals surface area contributed by atoms with Crippen molar-refractivity contribution in [3.05, 3.63) is 35.9 Å². The molecule has 0 bridgehead atoms. The van der Waals surface area contributed by atoms with Crippen molar-refractivity contribution in [3.8, 4) is 0 Å². The van der Waals surface area contributed by atoms with Gasteiger partial charge in [-0.25, -0.2) is 4.79 Å². The summed E-state index contributed by atoms with van der Waals surface area (Å²) >= 11 is 0. The fraction of sp³-hybridized carbons (Fsp3) is 0.467. The third kappa shape index (κ3) is 4.82. The normalized spacial score (nSPS) is 19.4. The van der Waals surface area contributed by atoms with Crippen LogP contribution in [-0.2, 0) is 25.3 Å². The monoisotopic (exact) mass is 339 g/mol. The van der Waals surface area contributed by atoms with Gasteiger partial charge in [0.2, 0.25) is 5.91 Å². The molecule has 2 rings (SSSR count). The molecule has 1 saturated heterocycles. The Hall–Kier alpha value is -1.82. The van der Waals surface area contributed by atoms with Crippen LogP contribution in [0, 0.1) is 0 Å². The molecular weight excluding hydrogens is 319 g/mol. The Morgan fingerprint density at radius 2 is 2.13 bits per heavy atom. The lowest BCUT2D eigenvalue weighted by atomic mass is 10.2. The molecule has 0 radical (unpaired) electrons. The summed E-state index contributed by atoms with van der Waals surface area (Å²) in [6.45, 7) is 2.13. The SMILES string of the molecule is C[C@H](N[P+](=O)OCc1ccccc1)C(=O)N1CCC[C@H]1C(=O)O. The van der Waals surface area contributed by atoms with Crippen LogP contribution in [0.2, 0.25) is 0 Å². The number of nitrogens with zero attached hydrogens (tertiary/aromatic N) is 1. The van der Waals surface area contributed by atoms with Gasteiger partial charge in [0.25, 0.3) is 0 Å². The summed E-state index contributed by atoms with van der Waals surface area (Å²) in [5, 5.41) is 11.7. The number of carboxylic acids is 1. The Morgan fingerprint density at radius 3 is 2.78 bits per heavy atom. The van der Waals surface area contributed by atoms with Gasteiger partial charge in [-0.1, -0.05) is 35.4 Å². The molecular formula is C15H20N2O5P+. The minimum Gasteiger partial charge on any atom is -0.480 e. The fourth-order valence-corrected chi connectivity index (χ4v) is 3.26. The molecule has 1 aromatic carbocycles. The Balaban J connectivity index is 1.83. The van der Waals surface area contributed by atoms with Crippen LogP contribution in [0.25, 0.3) is 0 Å². The number of hydrogen-bond donors (Lipinski definition) is 2. The number of likely N-dealkylation sites (tertiary alicyclic amines) is 1. The van der Waals surface area contributed by atoms with Crippen LogP contribution in [0.1, 0.15) is 25.3 Å². The standard InChI is InChI=1S/C15H19N2O5P/c1-11(14(18)17-9-5-8-13(17)15(19)20)16-23(21)22-10-12-6-3-2-4-7-12/h2-4,6-7,11,13H,5,8-10H2,1H3,(H-,16,19,20,21)/p+1/t11-,13-/m0/s1. The molecule has 1 aromatic rings. The first kappa shape index (κ1) is 17.5. The summed E-state index contributed by atoms with van der Waals surface area (Å²) in [6.07, 6.45) is 1.11. The van der Waals surface area contributed by atoms with Crippen molar-refractivity contribution < 1.29 is 23.8 Å². The predicted octanol–water partition coefficient (Wildman–Crippen LogP) is 1.91. The minimum atomic E-state index is -2.22. The van der Waals surface area contributed by atoms with Gasteiger partial charge < -0.3 is 10.0 Å². The molecule has 1 amide bonds. The topological polar surface area (TPSA) is 95.9 Å². The molecule has 3 atom stereocenters. The second-order valence-electron chi connectivity index (χ2n) is 5.39. The van der Waals surface area contributed by atoms with Gasteiger partial charge in [-0.3, -0.25) is 4.79 Å². The highest BCUT2D eigenvalue weighted by Crippen LogP contribution is 2.23. The zero-order valence-corrected chi connectivity index (χ0v) is 13.7. The molecule has 0 aromatic heterocycles. The van der Waals surface area contributed by atoms with E-state index in [2.05, 4.69) is 5.09 Å². The zero-order valence-electron chi connectivity index (χ0n) is 12.8.